The minimum atomic E-state index is -0.818. The molecule has 142 valence electrons. The molecule has 6 nitrogen and oxygen atoms in total. The molecule has 0 amide bonds. The molecule has 7 heteroatoms. The second kappa shape index (κ2) is 7.19. The minimum Gasteiger partial charge on any atom is -0.505 e. The summed E-state index contributed by atoms with van der Waals surface area (Å²) in [5.41, 5.74) is 3.19. The monoisotopic (exact) mass is 387 g/mol. The Morgan fingerprint density at radius 1 is 1.15 bits per heavy atom. The zero-order valence-corrected chi connectivity index (χ0v) is 16.3. The number of aromatic nitrogens is 3. The summed E-state index contributed by atoms with van der Waals surface area (Å²) in [6.07, 6.45) is 1.21. The molecule has 0 saturated carbocycles. The molecule has 0 bridgehead atoms. The molecule has 0 radical (unpaired) electrons. The van der Waals surface area contributed by atoms with Crippen molar-refractivity contribution in [3.63, 3.8) is 0 Å². The van der Waals surface area contributed by atoms with E-state index in [2.05, 4.69) is 10.2 Å². The van der Waals surface area contributed by atoms with Crippen LogP contribution in [0.2, 0.25) is 5.02 Å². The SMILES string of the molecule is CC(C)(C)c1cc(CCCC(=O)O)cc(-n2nc3ccc(Cl)cc3n2)c1O. The molecular formula is C20H22ClN3O3. The number of hydrogen-bond donors (Lipinski definition) is 2. The molecule has 1 heterocycles. The van der Waals surface area contributed by atoms with E-state index in [0.29, 0.717) is 34.6 Å². The van der Waals surface area contributed by atoms with Crippen LogP contribution in [0.15, 0.2) is 30.3 Å². The van der Waals surface area contributed by atoms with Crippen LogP contribution < -0.4 is 0 Å². The van der Waals surface area contributed by atoms with Crippen molar-refractivity contribution >= 4 is 28.6 Å². The Hall–Kier alpha value is -2.60. The van der Waals surface area contributed by atoms with Gasteiger partial charge in [-0.15, -0.1) is 15.0 Å². The van der Waals surface area contributed by atoms with Gasteiger partial charge in [-0.1, -0.05) is 38.4 Å². The fourth-order valence-electron chi connectivity index (χ4n) is 2.99. The number of nitrogens with zero attached hydrogens (tertiary/aromatic N) is 3. The summed E-state index contributed by atoms with van der Waals surface area (Å²) >= 11 is 6.02. The Labute approximate surface area is 162 Å². The smallest absolute Gasteiger partial charge is 0.303 e. The van der Waals surface area contributed by atoms with Crippen molar-refractivity contribution in [3.05, 3.63) is 46.5 Å². The van der Waals surface area contributed by atoms with Crippen LogP contribution in [0, 0.1) is 0 Å². The fourth-order valence-corrected chi connectivity index (χ4v) is 3.15. The van der Waals surface area contributed by atoms with Crippen molar-refractivity contribution < 1.29 is 15.0 Å². The lowest BCUT2D eigenvalue weighted by Gasteiger charge is -2.23. The second-order valence-electron chi connectivity index (χ2n) is 7.63. The molecule has 0 aliphatic carbocycles. The third kappa shape index (κ3) is 4.22. The second-order valence-corrected chi connectivity index (χ2v) is 8.07. The number of phenolic OH excluding ortho intramolecular Hbond substituents is 1. The molecule has 2 aromatic carbocycles. The number of fused-ring (bicyclic) bond motifs is 1. The molecule has 3 rings (SSSR count). The maximum absolute atomic E-state index is 10.9. The van der Waals surface area contributed by atoms with Gasteiger partial charge in [0.2, 0.25) is 0 Å². The third-order valence-electron chi connectivity index (χ3n) is 4.37. The van der Waals surface area contributed by atoms with E-state index in [0.717, 1.165) is 11.1 Å². The first-order valence-corrected chi connectivity index (χ1v) is 9.14. The Morgan fingerprint density at radius 3 is 2.52 bits per heavy atom. The summed E-state index contributed by atoms with van der Waals surface area (Å²) in [6, 6.07) is 8.98. The van der Waals surface area contributed by atoms with Gasteiger partial charge in [-0.2, -0.15) is 0 Å². The highest BCUT2D eigenvalue weighted by molar-refractivity contribution is 6.31. The lowest BCUT2D eigenvalue weighted by molar-refractivity contribution is -0.137. The van der Waals surface area contributed by atoms with Gasteiger partial charge < -0.3 is 10.2 Å². The van der Waals surface area contributed by atoms with Gasteiger partial charge in [-0.25, -0.2) is 0 Å². The van der Waals surface area contributed by atoms with Gasteiger partial charge in [0.05, 0.1) is 0 Å². The summed E-state index contributed by atoms with van der Waals surface area (Å²) in [7, 11) is 0. The first-order chi connectivity index (χ1) is 12.6. The molecule has 0 atom stereocenters. The van der Waals surface area contributed by atoms with Crippen LogP contribution in [0.3, 0.4) is 0 Å². The summed E-state index contributed by atoms with van der Waals surface area (Å²) in [6.45, 7) is 6.04. The summed E-state index contributed by atoms with van der Waals surface area (Å²) < 4.78 is 0. The van der Waals surface area contributed by atoms with Gasteiger partial charge in [0.1, 0.15) is 22.5 Å². The maximum Gasteiger partial charge on any atom is 0.303 e. The highest BCUT2D eigenvalue weighted by atomic mass is 35.5. The quantitative estimate of drug-likeness (QED) is 0.673. The van der Waals surface area contributed by atoms with Gasteiger partial charge in [0.15, 0.2) is 0 Å². The highest BCUT2D eigenvalue weighted by Gasteiger charge is 2.23. The number of benzene rings is 2. The van der Waals surface area contributed by atoms with E-state index < -0.39 is 5.97 Å². The van der Waals surface area contributed by atoms with Crippen molar-refractivity contribution in [3.8, 4) is 11.4 Å². The molecule has 3 aromatic rings. The molecule has 0 unspecified atom stereocenters. The number of hydrogen-bond acceptors (Lipinski definition) is 4. The summed E-state index contributed by atoms with van der Waals surface area (Å²) in [4.78, 5) is 12.2. The number of carboxylic acid groups (broad SMARTS) is 1. The highest BCUT2D eigenvalue weighted by Crippen LogP contribution is 2.36. The predicted molar refractivity (Wildman–Crippen MR) is 105 cm³/mol. The van der Waals surface area contributed by atoms with Crippen LogP contribution >= 0.6 is 11.6 Å². The largest absolute Gasteiger partial charge is 0.505 e. The predicted octanol–water partition coefficient (Wildman–Crippen LogP) is 4.48. The zero-order valence-electron chi connectivity index (χ0n) is 15.5. The van der Waals surface area contributed by atoms with Crippen LogP contribution in [0.4, 0.5) is 0 Å². The van der Waals surface area contributed by atoms with Crippen LogP contribution in [0.25, 0.3) is 16.7 Å². The van der Waals surface area contributed by atoms with E-state index in [-0.39, 0.29) is 17.6 Å². The Morgan fingerprint density at radius 2 is 1.85 bits per heavy atom. The van der Waals surface area contributed by atoms with E-state index in [1.807, 2.05) is 32.9 Å². The first kappa shape index (κ1) is 19.2. The molecule has 1 aromatic heterocycles. The maximum atomic E-state index is 10.9. The van der Waals surface area contributed by atoms with Crippen molar-refractivity contribution in [2.24, 2.45) is 0 Å². The number of phenols is 1. The Bertz CT molecular complexity index is 1010. The number of halogens is 1. The number of aryl methyl sites for hydroxylation is 1. The fraction of sp³-hybridized carbons (Fsp3) is 0.350. The summed E-state index contributed by atoms with van der Waals surface area (Å²) in [5.74, 6) is -0.696. The average Bonchev–Trinajstić information content (AvgIpc) is 2.97. The van der Waals surface area contributed by atoms with Crippen molar-refractivity contribution in [1.82, 2.24) is 15.0 Å². The van der Waals surface area contributed by atoms with Crippen LogP contribution in [-0.4, -0.2) is 31.2 Å². The van der Waals surface area contributed by atoms with Crippen molar-refractivity contribution in [2.45, 2.75) is 45.4 Å². The minimum absolute atomic E-state index is 0.101. The lowest BCUT2D eigenvalue weighted by atomic mass is 9.84. The van der Waals surface area contributed by atoms with E-state index in [4.69, 9.17) is 16.7 Å². The van der Waals surface area contributed by atoms with E-state index in [1.165, 1.54) is 4.80 Å². The number of carbonyl (C=O) groups is 1. The summed E-state index contributed by atoms with van der Waals surface area (Å²) in [5, 5.41) is 29.2. The van der Waals surface area contributed by atoms with Crippen LogP contribution in [-0.2, 0) is 16.6 Å². The molecule has 0 aliphatic rings. The normalized spacial score (nSPS) is 11.9. The van der Waals surface area contributed by atoms with Gasteiger partial charge in [-0.05, 0) is 48.1 Å². The van der Waals surface area contributed by atoms with Gasteiger partial charge in [0, 0.05) is 17.0 Å². The molecule has 0 aliphatic heterocycles. The van der Waals surface area contributed by atoms with Gasteiger partial charge in [-0.3, -0.25) is 4.79 Å². The van der Waals surface area contributed by atoms with Crippen LogP contribution in [0.1, 0.15) is 44.7 Å². The number of aliphatic carboxylic acids is 1. The average molecular weight is 388 g/mol. The zero-order chi connectivity index (χ0) is 19.8. The number of carboxylic acids is 1. The third-order valence-corrected chi connectivity index (χ3v) is 4.61. The molecular weight excluding hydrogens is 366 g/mol. The Balaban J connectivity index is 2.09. The standard InChI is InChI=1S/C20H22ClN3O3/c1-20(2,3)14-9-12(5-4-6-18(25)26)10-17(19(14)27)24-22-15-8-7-13(21)11-16(15)23-24/h7-11,27H,4-6H2,1-3H3,(H,25,26). The van der Waals surface area contributed by atoms with E-state index in [1.54, 1.807) is 18.2 Å². The molecule has 0 fully saturated rings. The molecule has 0 saturated heterocycles. The number of aromatic hydroxyl groups is 1. The van der Waals surface area contributed by atoms with Gasteiger partial charge >= 0.3 is 5.97 Å². The first-order valence-electron chi connectivity index (χ1n) is 8.76. The topological polar surface area (TPSA) is 88.2 Å². The number of rotatable bonds is 5. The van der Waals surface area contributed by atoms with Crippen molar-refractivity contribution in [1.29, 1.82) is 0 Å². The lowest BCUT2D eigenvalue weighted by Crippen LogP contribution is -2.14. The van der Waals surface area contributed by atoms with Crippen molar-refractivity contribution in [2.75, 3.05) is 0 Å². The Kier molecular flexibility index (Phi) is 5.11. The van der Waals surface area contributed by atoms with Gasteiger partial charge in [0.25, 0.3) is 0 Å². The van der Waals surface area contributed by atoms with E-state index in [9.17, 15) is 9.90 Å². The molecule has 2 N–H and O–H groups in total. The molecule has 27 heavy (non-hydrogen) atoms. The molecule has 0 spiro atoms. The van der Waals surface area contributed by atoms with E-state index >= 15 is 0 Å². The van der Waals surface area contributed by atoms with Crippen LogP contribution in [0.5, 0.6) is 5.75 Å².